The molecular weight excluding hydrogens is 268 g/mol. The fraction of sp³-hybridized carbons (Fsp3) is 0.667. The fourth-order valence-electron chi connectivity index (χ4n) is 2.20. The normalized spacial score (nSPS) is 15.3. The van der Waals surface area contributed by atoms with Crippen LogP contribution in [0.25, 0.3) is 0 Å². The quantitative estimate of drug-likeness (QED) is 0.815. The molecule has 7 heteroatoms. The summed E-state index contributed by atoms with van der Waals surface area (Å²) in [5.74, 6) is 1.06. The van der Waals surface area contributed by atoms with Crippen molar-refractivity contribution in [1.82, 2.24) is 14.5 Å². The largest absolute Gasteiger partial charge is 0.375 e. The summed E-state index contributed by atoms with van der Waals surface area (Å²) in [6.07, 6.45) is 3.80. The number of ether oxygens (including phenoxy) is 1. The smallest absolute Gasteiger partial charge is 0.248 e. The number of nitrogens with zero attached hydrogens (tertiary/aromatic N) is 4. The maximum atomic E-state index is 11.7. The van der Waals surface area contributed by atoms with E-state index in [1.165, 1.54) is 0 Å². The number of anilines is 1. The van der Waals surface area contributed by atoms with Crippen molar-refractivity contribution < 1.29 is 9.53 Å². The topological polar surface area (TPSA) is 50.6 Å². The van der Waals surface area contributed by atoms with E-state index in [0.717, 1.165) is 38.7 Å². The summed E-state index contributed by atoms with van der Waals surface area (Å²) < 4.78 is 6.99. The molecule has 0 aliphatic carbocycles. The molecule has 0 N–H and O–H groups in total. The second-order valence-electron chi connectivity index (χ2n) is 4.31. The Morgan fingerprint density at radius 3 is 2.63 bits per heavy atom. The molecule has 108 valence electrons. The van der Waals surface area contributed by atoms with Crippen LogP contribution in [-0.4, -0.2) is 60.3 Å². The number of hydrogen-bond acceptors (Lipinski definition) is 4. The molecule has 0 spiro atoms. The van der Waals surface area contributed by atoms with E-state index in [9.17, 15) is 4.79 Å². The number of aromatic nitrogens is 2. The first-order valence-corrected chi connectivity index (χ1v) is 6.29. The van der Waals surface area contributed by atoms with Crippen molar-refractivity contribution >= 4 is 24.3 Å². The standard InChI is InChI=1S/C12H20N4O2.ClH/c1-3-14-5-4-13-12(14)16-8-6-15(7-9-16)11(17)10-18-2;/h4-5H,3,6-10H2,1-2H3;1H. The van der Waals surface area contributed by atoms with E-state index in [1.807, 2.05) is 17.3 Å². The zero-order valence-corrected chi connectivity index (χ0v) is 12.2. The van der Waals surface area contributed by atoms with Gasteiger partial charge in [-0.25, -0.2) is 4.98 Å². The Hall–Kier alpha value is -1.27. The van der Waals surface area contributed by atoms with E-state index in [2.05, 4.69) is 21.4 Å². The predicted octanol–water partition coefficient (Wildman–Crippen LogP) is 0.620. The molecule has 0 unspecified atom stereocenters. The van der Waals surface area contributed by atoms with Gasteiger partial charge >= 0.3 is 0 Å². The predicted molar refractivity (Wildman–Crippen MR) is 75.8 cm³/mol. The molecule has 0 bridgehead atoms. The van der Waals surface area contributed by atoms with Gasteiger partial charge in [-0.15, -0.1) is 12.4 Å². The summed E-state index contributed by atoms with van der Waals surface area (Å²) in [5.41, 5.74) is 0. The molecule has 1 aliphatic rings. The lowest BCUT2D eigenvalue weighted by molar-refractivity contribution is -0.135. The maximum Gasteiger partial charge on any atom is 0.248 e. The molecule has 1 aliphatic heterocycles. The van der Waals surface area contributed by atoms with Crippen molar-refractivity contribution in [2.24, 2.45) is 0 Å². The number of rotatable bonds is 4. The van der Waals surface area contributed by atoms with Crippen LogP contribution in [0.2, 0.25) is 0 Å². The van der Waals surface area contributed by atoms with Crippen molar-refractivity contribution in [1.29, 1.82) is 0 Å². The summed E-state index contributed by atoms with van der Waals surface area (Å²) in [5, 5.41) is 0. The minimum absolute atomic E-state index is 0. The first kappa shape index (κ1) is 15.8. The highest BCUT2D eigenvalue weighted by Crippen LogP contribution is 2.14. The molecule has 0 atom stereocenters. The highest BCUT2D eigenvalue weighted by Gasteiger charge is 2.22. The average Bonchev–Trinajstić information content (AvgIpc) is 2.87. The van der Waals surface area contributed by atoms with Gasteiger partial charge in [0.1, 0.15) is 6.61 Å². The van der Waals surface area contributed by atoms with Crippen molar-refractivity contribution in [2.75, 3.05) is 44.8 Å². The molecule has 2 heterocycles. The Bertz CT molecular complexity index is 402. The molecule has 0 aromatic carbocycles. The number of carbonyl (C=O) groups is 1. The van der Waals surface area contributed by atoms with Crippen LogP contribution < -0.4 is 4.90 Å². The van der Waals surface area contributed by atoms with Crippen molar-refractivity contribution in [2.45, 2.75) is 13.5 Å². The number of piperazine rings is 1. The second kappa shape index (κ2) is 7.35. The maximum absolute atomic E-state index is 11.7. The number of aryl methyl sites for hydroxylation is 1. The molecule has 6 nitrogen and oxygen atoms in total. The summed E-state index contributed by atoms with van der Waals surface area (Å²) in [6.45, 7) is 6.31. The number of carbonyl (C=O) groups excluding carboxylic acids is 1. The average molecular weight is 289 g/mol. The third-order valence-corrected chi connectivity index (χ3v) is 3.22. The van der Waals surface area contributed by atoms with Gasteiger partial charge in [0.2, 0.25) is 11.9 Å². The lowest BCUT2D eigenvalue weighted by Crippen LogP contribution is -2.50. The van der Waals surface area contributed by atoms with Crippen molar-refractivity contribution in [3.63, 3.8) is 0 Å². The highest BCUT2D eigenvalue weighted by atomic mass is 35.5. The number of imidazole rings is 1. The van der Waals surface area contributed by atoms with Crippen molar-refractivity contribution in [3.8, 4) is 0 Å². The Kier molecular flexibility index (Phi) is 6.11. The van der Waals surface area contributed by atoms with Gasteiger partial charge in [-0.2, -0.15) is 0 Å². The van der Waals surface area contributed by atoms with Gasteiger partial charge in [0.05, 0.1) is 0 Å². The first-order chi connectivity index (χ1) is 8.76. The van der Waals surface area contributed by atoms with Crippen LogP contribution in [0.1, 0.15) is 6.92 Å². The first-order valence-electron chi connectivity index (χ1n) is 6.29. The zero-order chi connectivity index (χ0) is 13.0. The molecule has 19 heavy (non-hydrogen) atoms. The summed E-state index contributed by atoms with van der Waals surface area (Å²) in [7, 11) is 1.55. The van der Waals surface area contributed by atoms with Crippen LogP contribution in [0, 0.1) is 0 Å². The van der Waals surface area contributed by atoms with E-state index in [-0.39, 0.29) is 24.9 Å². The minimum Gasteiger partial charge on any atom is -0.375 e. The van der Waals surface area contributed by atoms with E-state index in [0.29, 0.717) is 0 Å². The fourth-order valence-corrected chi connectivity index (χ4v) is 2.20. The van der Waals surface area contributed by atoms with Gasteiger partial charge in [-0.05, 0) is 6.92 Å². The number of amides is 1. The molecule has 2 rings (SSSR count). The SMILES string of the molecule is CCn1ccnc1N1CCN(C(=O)COC)CC1.Cl. The van der Waals surface area contributed by atoms with E-state index >= 15 is 0 Å². The lowest BCUT2D eigenvalue weighted by Gasteiger charge is -2.35. The third-order valence-electron chi connectivity index (χ3n) is 3.22. The van der Waals surface area contributed by atoms with E-state index in [4.69, 9.17) is 4.74 Å². The third kappa shape index (κ3) is 3.61. The molecule has 0 saturated carbocycles. The number of hydrogen-bond donors (Lipinski definition) is 0. The number of methoxy groups -OCH3 is 1. The van der Waals surface area contributed by atoms with Gasteiger partial charge < -0.3 is 19.1 Å². The van der Waals surface area contributed by atoms with Crippen LogP contribution in [0.4, 0.5) is 5.95 Å². The van der Waals surface area contributed by atoms with Crippen LogP contribution in [0.5, 0.6) is 0 Å². The van der Waals surface area contributed by atoms with E-state index in [1.54, 1.807) is 7.11 Å². The zero-order valence-electron chi connectivity index (χ0n) is 11.4. The highest BCUT2D eigenvalue weighted by molar-refractivity contribution is 5.85. The van der Waals surface area contributed by atoms with Gasteiger partial charge in [-0.3, -0.25) is 4.79 Å². The van der Waals surface area contributed by atoms with Crippen LogP contribution in [0.3, 0.4) is 0 Å². The Balaban J connectivity index is 0.00000180. The summed E-state index contributed by atoms with van der Waals surface area (Å²) in [6, 6.07) is 0. The van der Waals surface area contributed by atoms with E-state index < -0.39 is 0 Å². The Morgan fingerprint density at radius 2 is 2.05 bits per heavy atom. The number of halogens is 1. The van der Waals surface area contributed by atoms with Gasteiger partial charge in [0, 0.05) is 52.2 Å². The van der Waals surface area contributed by atoms with Crippen LogP contribution in [0.15, 0.2) is 12.4 Å². The molecule has 1 amide bonds. The van der Waals surface area contributed by atoms with Crippen molar-refractivity contribution in [3.05, 3.63) is 12.4 Å². The molecule has 1 aromatic heterocycles. The summed E-state index contributed by atoms with van der Waals surface area (Å²) in [4.78, 5) is 20.1. The molecular formula is C12H21ClN4O2. The monoisotopic (exact) mass is 288 g/mol. The van der Waals surface area contributed by atoms with Gasteiger partial charge in [-0.1, -0.05) is 0 Å². The van der Waals surface area contributed by atoms with Gasteiger partial charge in [0.25, 0.3) is 0 Å². The van der Waals surface area contributed by atoms with Crippen LogP contribution in [-0.2, 0) is 16.1 Å². The van der Waals surface area contributed by atoms with Crippen LogP contribution >= 0.6 is 12.4 Å². The van der Waals surface area contributed by atoms with Gasteiger partial charge in [0.15, 0.2) is 0 Å². The Labute approximate surface area is 119 Å². The second-order valence-corrected chi connectivity index (χ2v) is 4.31. The summed E-state index contributed by atoms with van der Waals surface area (Å²) >= 11 is 0. The molecule has 0 radical (unpaired) electrons. The Morgan fingerprint density at radius 1 is 1.37 bits per heavy atom. The minimum atomic E-state index is 0. The molecule has 1 fully saturated rings. The molecule has 1 saturated heterocycles. The lowest BCUT2D eigenvalue weighted by atomic mass is 10.3. The molecule has 1 aromatic rings.